The van der Waals surface area contributed by atoms with E-state index in [1.807, 2.05) is 65.6 Å². The van der Waals surface area contributed by atoms with Crippen LogP contribution >= 0.6 is 11.3 Å². The van der Waals surface area contributed by atoms with E-state index >= 15 is 0 Å². The first-order valence-corrected chi connectivity index (χ1v) is 12.4. The van der Waals surface area contributed by atoms with Crippen molar-refractivity contribution in [2.75, 3.05) is 18.4 Å². The minimum absolute atomic E-state index is 0.0131. The van der Waals surface area contributed by atoms with Gasteiger partial charge in [0.2, 0.25) is 11.8 Å². The SMILES string of the molecule is CC(=O)N1CCC(C(=O)Nc2ccc(Cc3nc4ccccc4s3)cc2)(c2ccccc2)CC1. The summed E-state index contributed by atoms with van der Waals surface area (Å²) in [7, 11) is 0. The van der Waals surface area contributed by atoms with Crippen LogP contribution in [0.25, 0.3) is 10.2 Å². The zero-order chi connectivity index (χ0) is 23.5. The summed E-state index contributed by atoms with van der Waals surface area (Å²) in [5.74, 6) is 0.0478. The molecule has 0 unspecified atom stereocenters. The maximum Gasteiger partial charge on any atom is 0.235 e. The van der Waals surface area contributed by atoms with Gasteiger partial charge in [0.15, 0.2) is 0 Å². The van der Waals surface area contributed by atoms with Gasteiger partial charge in [-0.3, -0.25) is 9.59 Å². The number of nitrogens with one attached hydrogen (secondary N) is 1. The number of hydrogen-bond acceptors (Lipinski definition) is 4. The first-order valence-electron chi connectivity index (χ1n) is 11.6. The molecule has 0 saturated carbocycles. The van der Waals surface area contributed by atoms with Crippen molar-refractivity contribution in [3.05, 3.63) is 95.0 Å². The molecule has 3 aromatic carbocycles. The van der Waals surface area contributed by atoms with Crippen molar-refractivity contribution < 1.29 is 9.59 Å². The molecule has 5 nitrogen and oxygen atoms in total. The van der Waals surface area contributed by atoms with Crippen LogP contribution in [-0.4, -0.2) is 34.8 Å². The molecule has 1 aromatic heterocycles. The average Bonchev–Trinajstić information content (AvgIpc) is 3.28. The van der Waals surface area contributed by atoms with E-state index in [0.29, 0.717) is 25.9 Å². The van der Waals surface area contributed by atoms with Gasteiger partial charge in [0, 0.05) is 32.1 Å². The van der Waals surface area contributed by atoms with Crippen molar-refractivity contribution in [3.8, 4) is 0 Å². The lowest BCUT2D eigenvalue weighted by Gasteiger charge is -2.40. The summed E-state index contributed by atoms with van der Waals surface area (Å²) < 4.78 is 1.20. The topological polar surface area (TPSA) is 62.3 Å². The minimum Gasteiger partial charge on any atom is -0.343 e. The Morgan fingerprint density at radius 2 is 1.62 bits per heavy atom. The first-order chi connectivity index (χ1) is 16.5. The van der Waals surface area contributed by atoms with Gasteiger partial charge in [-0.15, -0.1) is 11.3 Å². The number of piperidine rings is 1. The fourth-order valence-electron chi connectivity index (χ4n) is 4.73. The third-order valence-electron chi connectivity index (χ3n) is 6.73. The molecule has 1 N–H and O–H groups in total. The number of aromatic nitrogens is 1. The van der Waals surface area contributed by atoms with Gasteiger partial charge in [-0.2, -0.15) is 0 Å². The Labute approximate surface area is 203 Å². The van der Waals surface area contributed by atoms with Gasteiger partial charge < -0.3 is 10.2 Å². The van der Waals surface area contributed by atoms with E-state index in [4.69, 9.17) is 4.98 Å². The number of fused-ring (bicyclic) bond motifs is 1. The second kappa shape index (κ2) is 9.39. The molecule has 2 amide bonds. The van der Waals surface area contributed by atoms with E-state index in [2.05, 4.69) is 23.5 Å². The van der Waals surface area contributed by atoms with Gasteiger partial charge in [0.25, 0.3) is 0 Å². The third-order valence-corrected chi connectivity index (χ3v) is 7.77. The third kappa shape index (κ3) is 4.46. The zero-order valence-corrected chi connectivity index (χ0v) is 20.0. The summed E-state index contributed by atoms with van der Waals surface area (Å²) in [5, 5.41) is 4.23. The number of anilines is 1. The highest BCUT2D eigenvalue weighted by Gasteiger charge is 2.43. The summed E-state index contributed by atoms with van der Waals surface area (Å²) in [5.41, 5.74) is 3.33. The molecule has 172 valence electrons. The highest BCUT2D eigenvalue weighted by molar-refractivity contribution is 7.18. The molecule has 4 aromatic rings. The molecule has 0 aliphatic carbocycles. The molecular formula is C28H27N3O2S. The number of carbonyl (C=O) groups excluding carboxylic acids is 2. The first kappa shape index (κ1) is 22.3. The monoisotopic (exact) mass is 469 g/mol. The molecule has 0 radical (unpaired) electrons. The average molecular weight is 470 g/mol. The number of rotatable bonds is 5. The van der Waals surface area contributed by atoms with Gasteiger partial charge in [-0.1, -0.05) is 54.6 Å². The van der Waals surface area contributed by atoms with Crippen LogP contribution in [0.5, 0.6) is 0 Å². The minimum atomic E-state index is -0.646. The maximum atomic E-state index is 13.6. The lowest BCUT2D eigenvalue weighted by Crippen LogP contribution is -2.50. The molecule has 1 fully saturated rings. The standard InChI is InChI=1S/C28H27N3O2S/c1-20(32)31-17-15-28(16-18-31,22-7-3-2-4-8-22)27(33)29-23-13-11-21(12-14-23)19-26-30-24-9-5-6-10-25(24)34-26/h2-14H,15-19H2,1H3,(H,29,33). The highest BCUT2D eigenvalue weighted by atomic mass is 32.1. The molecule has 5 rings (SSSR count). The van der Waals surface area contributed by atoms with Crippen molar-refractivity contribution in [2.24, 2.45) is 0 Å². The van der Waals surface area contributed by atoms with Gasteiger partial charge in [-0.05, 0) is 48.2 Å². The van der Waals surface area contributed by atoms with Gasteiger partial charge in [0.1, 0.15) is 0 Å². The van der Waals surface area contributed by atoms with E-state index in [-0.39, 0.29) is 11.8 Å². The number of hydrogen-bond donors (Lipinski definition) is 1. The Balaban J connectivity index is 1.32. The predicted molar refractivity (Wildman–Crippen MR) is 137 cm³/mol. The van der Waals surface area contributed by atoms with Crippen LogP contribution in [0.15, 0.2) is 78.9 Å². The Kier molecular flexibility index (Phi) is 6.16. The highest BCUT2D eigenvalue weighted by Crippen LogP contribution is 2.37. The second-order valence-electron chi connectivity index (χ2n) is 8.86. The summed E-state index contributed by atoms with van der Waals surface area (Å²) in [6, 6.07) is 26.1. The van der Waals surface area contributed by atoms with Crippen molar-refractivity contribution in [3.63, 3.8) is 0 Å². The molecule has 6 heteroatoms. The van der Waals surface area contributed by atoms with Crippen LogP contribution < -0.4 is 5.32 Å². The number of para-hydroxylation sites is 1. The fourth-order valence-corrected chi connectivity index (χ4v) is 5.74. The summed E-state index contributed by atoms with van der Waals surface area (Å²) in [6.45, 7) is 2.75. The Morgan fingerprint density at radius 1 is 0.941 bits per heavy atom. The van der Waals surface area contributed by atoms with Gasteiger partial charge >= 0.3 is 0 Å². The Bertz CT molecular complexity index is 1270. The van der Waals surface area contributed by atoms with Gasteiger partial charge in [-0.25, -0.2) is 4.98 Å². The Morgan fingerprint density at radius 3 is 2.29 bits per heavy atom. The van der Waals surface area contributed by atoms with Crippen molar-refractivity contribution in [1.82, 2.24) is 9.88 Å². The molecule has 1 saturated heterocycles. The van der Waals surface area contributed by atoms with Crippen LogP contribution in [-0.2, 0) is 21.4 Å². The molecular weight excluding hydrogens is 442 g/mol. The second-order valence-corrected chi connectivity index (χ2v) is 9.97. The molecule has 0 spiro atoms. The molecule has 0 atom stereocenters. The van der Waals surface area contributed by atoms with Crippen molar-refractivity contribution in [2.45, 2.75) is 31.6 Å². The number of nitrogens with zero attached hydrogens (tertiary/aromatic N) is 2. The zero-order valence-electron chi connectivity index (χ0n) is 19.2. The summed E-state index contributed by atoms with van der Waals surface area (Å²) in [6.07, 6.45) is 1.98. The number of benzene rings is 3. The smallest absolute Gasteiger partial charge is 0.235 e. The Hall–Kier alpha value is -3.51. The molecule has 2 heterocycles. The van der Waals surface area contributed by atoms with E-state index in [1.54, 1.807) is 18.3 Å². The van der Waals surface area contributed by atoms with E-state index in [9.17, 15) is 9.59 Å². The number of carbonyl (C=O) groups is 2. The fraction of sp³-hybridized carbons (Fsp3) is 0.250. The van der Waals surface area contributed by atoms with E-state index < -0.39 is 5.41 Å². The molecule has 0 bridgehead atoms. The molecule has 1 aliphatic rings. The number of amides is 2. The van der Waals surface area contributed by atoms with Crippen LogP contribution in [0, 0.1) is 0 Å². The largest absolute Gasteiger partial charge is 0.343 e. The van der Waals surface area contributed by atoms with E-state index in [1.165, 1.54) is 4.70 Å². The van der Waals surface area contributed by atoms with Crippen molar-refractivity contribution in [1.29, 1.82) is 0 Å². The summed E-state index contributed by atoms with van der Waals surface area (Å²) in [4.78, 5) is 32.0. The summed E-state index contributed by atoms with van der Waals surface area (Å²) >= 11 is 1.72. The van der Waals surface area contributed by atoms with Gasteiger partial charge in [0.05, 0.1) is 20.6 Å². The molecule has 34 heavy (non-hydrogen) atoms. The van der Waals surface area contributed by atoms with Crippen LogP contribution in [0.1, 0.15) is 35.9 Å². The number of likely N-dealkylation sites (tertiary alicyclic amines) is 1. The van der Waals surface area contributed by atoms with E-state index in [0.717, 1.165) is 33.8 Å². The molecule has 1 aliphatic heterocycles. The van der Waals surface area contributed by atoms with Crippen LogP contribution in [0.2, 0.25) is 0 Å². The quantitative estimate of drug-likeness (QED) is 0.425. The van der Waals surface area contributed by atoms with Crippen molar-refractivity contribution >= 4 is 39.1 Å². The van der Waals surface area contributed by atoms with Crippen LogP contribution in [0.3, 0.4) is 0 Å². The normalized spacial score (nSPS) is 15.3. The lowest BCUT2D eigenvalue weighted by atomic mass is 9.72. The number of thiazole rings is 1. The van der Waals surface area contributed by atoms with Crippen LogP contribution in [0.4, 0.5) is 5.69 Å². The predicted octanol–water partition coefficient (Wildman–Crippen LogP) is 5.41. The maximum absolute atomic E-state index is 13.6. The lowest BCUT2D eigenvalue weighted by molar-refractivity contribution is -0.133.